The van der Waals surface area contributed by atoms with Crippen LogP contribution < -0.4 is 0 Å². The number of fused-ring (bicyclic) bond motifs is 7. The lowest BCUT2D eigenvalue weighted by atomic mass is 9.33. The quantitative estimate of drug-likeness (QED) is 0.0599. The third-order valence-electron chi connectivity index (χ3n) is 20.3. The second-order valence-corrected chi connectivity index (χ2v) is 25.1. The van der Waals surface area contributed by atoms with Crippen molar-refractivity contribution in [2.75, 3.05) is 13.2 Å². The molecule has 7 fully saturated rings. The van der Waals surface area contributed by atoms with Gasteiger partial charge >= 0.3 is 11.9 Å². The van der Waals surface area contributed by atoms with Crippen LogP contribution in [-0.4, -0.2) is 192 Å². The van der Waals surface area contributed by atoms with Crippen LogP contribution in [0, 0.1) is 50.2 Å². The monoisotopic (exact) mass is 1040 g/mol. The summed E-state index contributed by atoms with van der Waals surface area (Å²) in [5.74, 6) is -2.25. The highest BCUT2D eigenvalue weighted by Gasteiger charge is 2.72. The van der Waals surface area contributed by atoms with Crippen LogP contribution in [0.5, 0.6) is 0 Å². The minimum absolute atomic E-state index is 0.00675. The molecule has 20 heteroatoms. The standard InChI is InChI=1S/C53H84O20/c1-11-23(2)44(65)67-22-53-26(18-48(4,5)19-30(53)55)25-12-13-29-50(8)16-15-32(49(6,7)28(50)14-17-51(29,9)52(25,10)20-31(53)56)70-47-42(71-39-27(21-54)69-45(66)36(60)35(39)59)40(38(62)41(73-47)43(63)64)72-46-37(61)34(58)33(57)24(3)68-46/h11-12,24,26-42,45-47,54-62,66H,13-22H2,1-10H3,(H,63,64)/b23-11-/t24-,26+,27-,28+,29+,30+,31+,32-,33-,34+,35+,36-,37-,38+,39+,40+,41+,42-,45+,46+,47-,50-,51+,52+,53-/m0/s1. The lowest BCUT2D eigenvalue weighted by Gasteiger charge is -2.72. The molecule has 0 amide bonds. The molecule has 3 aliphatic heterocycles. The van der Waals surface area contributed by atoms with E-state index >= 15 is 0 Å². The second kappa shape index (κ2) is 20.2. The van der Waals surface area contributed by atoms with E-state index in [0.717, 1.165) is 19.3 Å². The topological polar surface area (TPSA) is 321 Å². The van der Waals surface area contributed by atoms with E-state index in [1.165, 1.54) is 12.5 Å². The smallest absolute Gasteiger partial charge is 0.335 e. The highest BCUT2D eigenvalue weighted by atomic mass is 16.8. The van der Waals surface area contributed by atoms with Gasteiger partial charge in [-0.2, -0.15) is 0 Å². The summed E-state index contributed by atoms with van der Waals surface area (Å²) in [7, 11) is 0. The number of esters is 1. The number of hydrogen-bond acceptors (Lipinski definition) is 19. The number of carboxylic acid groups (broad SMARTS) is 1. The summed E-state index contributed by atoms with van der Waals surface area (Å²) in [5.41, 5.74) is -1.52. The van der Waals surface area contributed by atoms with Crippen molar-refractivity contribution >= 4 is 11.9 Å². The van der Waals surface area contributed by atoms with E-state index in [1.54, 1.807) is 19.9 Å². The SMILES string of the molecule is C/C=C(/C)C(=O)OC[C@@]12[C@H](O)CC(C)(C)C[C@@H]1C1=CC[C@@H]3[C@@]4(C)CC[C@H](O[C@H]5O[C@@H](C(=O)O)[C@H](O)[C@@H](O[C@H]6O[C@@H](C)[C@H](O)[C@@H](O)[C@@H]6O)[C@@H]5O[C@H]5[C@H](O)[C@H](O)[C@H](O)O[C@H]5CO)C(C)(C)[C@H]4CC[C@@]3(C)[C@]1(C)C[C@H]2O. The maximum atomic E-state index is 13.1. The Morgan fingerprint density at radius 3 is 2.04 bits per heavy atom. The molecule has 5 aliphatic carbocycles. The number of carboxylic acids is 1. The molecule has 8 rings (SSSR count). The molecular formula is C53H84O20. The number of carbonyl (C=O) groups excluding carboxylic acids is 1. The Labute approximate surface area is 427 Å². The molecule has 416 valence electrons. The van der Waals surface area contributed by atoms with E-state index in [9.17, 15) is 65.8 Å². The third kappa shape index (κ3) is 9.19. The van der Waals surface area contributed by atoms with Gasteiger partial charge in [-0.3, -0.25) is 0 Å². The molecule has 25 atom stereocenters. The van der Waals surface area contributed by atoms with E-state index in [4.69, 9.17) is 33.2 Å². The average Bonchev–Trinajstić information content (AvgIpc) is 3.31. The summed E-state index contributed by atoms with van der Waals surface area (Å²) < 4.78 is 42.6. The van der Waals surface area contributed by atoms with Gasteiger partial charge in [0, 0.05) is 5.57 Å². The Morgan fingerprint density at radius 2 is 1.40 bits per heavy atom. The molecule has 0 spiro atoms. The van der Waals surface area contributed by atoms with E-state index in [2.05, 4.69) is 54.5 Å². The first-order valence-electron chi connectivity index (χ1n) is 26.3. The van der Waals surface area contributed by atoms with Gasteiger partial charge in [-0.25, -0.2) is 9.59 Å². The molecule has 0 radical (unpaired) electrons. The minimum atomic E-state index is -2.09. The zero-order valence-corrected chi connectivity index (χ0v) is 43.9. The van der Waals surface area contributed by atoms with Crippen LogP contribution in [0.1, 0.15) is 121 Å². The number of allylic oxidation sites excluding steroid dienone is 3. The highest BCUT2D eigenvalue weighted by molar-refractivity contribution is 5.87. The number of aliphatic hydroxyl groups is 10. The molecule has 4 saturated carbocycles. The van der Waals surface area contributed by atoms with Gasteiger partial charge in [0.1, 0.15) is 67.6 Å². The number of carbonyl (C=O) groups is 2. The number of aliphatic hydroxyl groups excluding tert-OH is 10. The zero-order valence-electron chi connectivity index (χ0n) is 43.9. The number of aliphatic carboxylic acids is 1. The minimum Gasteiger partial charge on any atom is -0.479 e. The fourth-order valence-electron chi connectivity index (χ4n) is 15.9. The van der Waals surface area contributed by atoms with E-state index in [0.29, 0.717) is 37.7 Å². The van der Waals surface area contributed by atoms with Gasteiger partial charge in [0.05, 0.1) is 36.4 Å². The normalized spacial score (nSPS) is 51.6. The molecule has 20 nitrogen and oxygen atoms in total. The van der Waals surface area contributed by atoms with Crippen molar-refractivity contribution in [2.45, 2.75) is 231 Å². The van der Waals surface area contributed by atoms with Gasteiger partial charge in [-0.1, -0.05) is 66.2 Å². The van der Waals surface area contributed by atoms with Crippen LogP contribution >= 0.6 is 0 Å². The average molecular weight is 1040 g/mol. The summed E-state index contributed by atoms with van der Waals surface area (Å²) in [5, 5.41) is 122. The maximum Gasteiger partial charge on any atom is 0.335 e. The van der Waals surface area contributed by atoms with Gasteiger partial charge in [-0.05, 0) is 117 Å². The van der Waals surface area contributed by atoms with Gasteiger partial charge in [0.25, 0.3) is 0 Å². The first-order valence-corrected chi connectivity index (χ1v) is 26.3. The summed E-state index contributed by atoms with van der Waals surface area (Å²) in [4.78, 5) is 26.0. The van der Waals surface area contributed by atoms with Crippen LogP contribution in [0.25, 0.3) is 0 Å². The van der Waals surface area contributed by atoms with Crippen LogP contribution in [0.15, 0.2) is 23.3 Å². The second-order valence-electron chi connectivity index (χ2n) is 25.1. The molecular weight excluding hydrogens is 957 g/mol. The Bertz CT molecular complexity index is 2100. The molecule has 11 N–H and O–H groups in total. The molecule has 73 heavy (non-hydrogen) atoms. The van der Waals surface area contributed by atoms with Gasteiger partial charge in [0.15, 0.2) is 25.0 Å². The Hall–Kier alpha value is -2.22. The maximum absolute atomic E-state index is 13.1. The van der Waals surface area contributed by atoms with Gasteiger partial charge in [0.2, 0.25) is 0 Å². The van der Waals surface area contributed by atoms with E-state index < -0.39 is 145 Å². The Balaban J connectivity index is 1.11. The van der Waals surface area contributed by atoms with Crippen molar-refractivity contribution < 1.29 is 98.9 Å². The number of ether oxygens (including phenoxy) is 7. The van der Waals surface area contributed by atoms with Crippen LogP contribution in [0.3, 0.4) is 0 Å². The first kappa shape index (κ1) is 57.0. The van der Waals surface area contributed by atoms with Crippen molar-refractivity contribution in [1.29, 1.82) is 0 Å². The molecule has 0 unspecified atom stereocenters. The predicted octanol–water partition coefficient (Wildman–Crippen LogP) is 1.19. The fraction of sp³-hybridized carbons (Fsp3) is 0.887. The van der Waals surface area contributed by atoms with Crippen LogP contribution in [-0.2, 0) is 42.7 Å². The van der Waals surface area contributed by atoms with Crippen molar-refractivity contribution in [2.24, 2.45) is 50.2 Å². The Kier molecular flexibility index (Phi) is 15.8. The van der Waals surface area contributed by atoms with Crippen LogP contribution in [0.4, 0.5) is 0 Å². The summed E-state index contributed by atoms with van der Waals surface area (Å²) in [6.45, 7) is 19.3. The van der Waals surface area contributed by atoms with Crippen molar-refractivity contribution in [3.05, 3.63) is 23.3 Å². The summed E-state index contributed by atoms with van der Waals surface area (Å²) in [6, 6.07) is 0. The molecule has 0 aromatic carbocycles. The van der Waals surface area contributed by atoms with Crippen LogP contribution in [0.2, 0.25) is 0 Å². The zero-order chi connectivity index (χ0) is 53.9. The van der Waals surface area contributed by atoms with E-state index in [-0.39, 0.29) is 40.6 Å². The number of hydrogen-bond donors (Lipinski definition) is 11. The predicted molar refractivity (Wildman–Crippen MR) is 255 cm³/mol. The Morgan fingerprint density at radius 1 is 0.726 bits per heavy atom. The molecule has 3 saturated heterocycles. The lowest BCUT2D eigenvalue weighted by Crippen LogP contribution is -2.70. The largest absolute Gasteiger partial charge is 0.479 e. The molecule has 3 heterocycles. The fourth-order valence-corrected chi connectivity index (χ4v) is 15.9. The molecule has 8 aliphatic rings. The van der Waals surface area contributed by atoms with E-state index in [1.807, 2.05) is 0 Å². The van der Waals surface area contributed by atoms with Crippen molar-refractivity contribution in [3.8, 4) is 0 Å². The molecule has 0 aromatic heterocycles. The first-order chi connectivity index (χ1) is 33.9. The number of rotatable bonds is 11. The third-order valence-corrected chi connectivity index (χ3v) is 20.3. The summed E-state index contributed by atoms with van der Waals surface area (Å²) >= 11 is 0. The van der Waals surface area contributed by atoms with Crippen molar-refractivity contribution in [3.63, 3.8) is 0 Å². The summed E-state index contributed by atoms with van der Waals surface area (Å²) in [6.07, 6.45) is -20.2. The lowest BCUT2D eigenvalue weighted by molar-refractivity contribution is -0.383. The van der Waals surface area contributed by atoms with Crippen molar-refractivity contribution in [1.82, 2.24) is 0 Å². The highest BCUT2D eigenvalue weighted by Crippen LogP contribution is 2.76. The van der Waals surface area contributed by atoms with Gasteiger partial charge in [-0.15, -0.1) is 0 Å². The molecule has 0 bridgehead atoms. The van der Waals surface area contributed by atoms with Gasteiger partial charge < -0.3 is 89.3 Å². The molecule has 0 aromatic rings.